The molecule has 100 valence electrons. The van der Waals surface area contributed by atoms with Gasteiger partial charge in [0.15, 0.2) is 0 Å². The first kappa shape index (κ1) is 14.0. The van der Waals surface area contributed by atoms with E-state index in [4.69, 9.17) is 10.00 Å². The topological polar surface area (TPSA) is 50.1 Å². The van der Waals surface area contributed by atoms with Crippen LogP contribution in [0.15, 0.2) is 24.3 Å². The second-order valence-electron chi connectivity index (χ2n) is 4.66. The Labute approximate surface area is 118 Å². The molecule has 0 aromatic heterocycles. The van der Waals surface area contributed by atoms with Gasteiger partial charge in [-0.2, -0.15) is 5.26 Å². The van der Waals surface area contributed by atoms with Crippen LogP contribution in [0.4, 0.5) is 0 Å². The number of hydrogen-bond acceptors (Lipinski definition) is 4. The Bertz CT molecular complexity index is 475. The van der Waals surface area contributed by atoms with E-state index in [1.54, 1.807) is 6.07 Å². The third-order valence-corrected chi connectivity index (χ3v) is 4.17. The Morgan fingerprint density at radius 1 is 1.37 bits per heavy atom. The monoisotopic (exact) mass is 275 g/mol. The summed E-state index contributed by atoms with van der Waals surface area (Å²) in [5.74, 6) is 0.895. The fourth-order valence-corrected chi connectivity index (χ4v) is 3.03. The molecule has 0 spiro atoms. The smallest absolute Gasteiger partial charge is 0.316 e. The maximum absolute atomic E-state index is 11.6. The molecule has 0 heterocycles. The highest BCUT2D eigenvalue weighted by Gasteiger charge is 2.18. The van der Waals surface area contributed by atoms with E-state index in [-0.39, 0.29) is 12.1 Å². The molecule has 0 N–H and O–H groups in total. The van der Waals surface area contributed by atoms with Crippen LogP contribution in [0.25, 0.3) is 0 Å². The van der Waals surface area contributed by atoms with Crippen LogP contribution >= 0.6 is 11.8 Å². The van der Waals surface area contributed by atoms with Crippen molar-refractivity contribution in [1.29, 1.82) is 5.26 Å². The summed E-state index contributed by atoms with van der Waals surface area (Å²) < 4.78 is 5.38. The molecule has 0 aliphatic heterocycles. The van der Waals surface area contributed by atoms with Crippen molar-refractivity contribution in [3.8, 4) is 6.07 Å². The third-order valence-electron chi connectivity index (χ3n) is 3.22. The zero-order valence-corrected chi connectivity index (χ0v) is 11.6. The number of nitrogens with zero attached hydrogens (tertiary/aromatic N) is 1. The van der Waals surface area contributed by atoms with Crippen LogP contribution in [0.2, 0.25) is 0 Å². The molecule has 1 aromatic carbocycles. The number of nitriles is 1. The minimum Gasteiger partial charge on any atom is -0.462 e. The van der Waals surface area contributed by atoms with Crippen molar-refractivity contribution < 1.29 is 9.53 Å². The van der Waals surface area contributed by atoms with E-state index in [1.807, 2.05) is 18.2 Å². The van der Waals surface area contributed by atoms with Crippen LogP contribution in [-0.4, -0.2) is 17.8 Å². The van der Waals surface area contributed by atoms with E-state index in [0.29, 0.717) is 17.1 Å². The molecule has 1 aliphatic carbocycles. The molecule has 0 atom stereocenters. The summed E-state index contributed by atoms with van der Waals surface area (Å²) in [6.07, 6.45) is 4.49. The van der Waals surface area contributed by atoms with Crippen LogP contribution < -0.4 is 0 Å². The number of hydrogen-bond donors (Lipinski definition) is 0. The van der Waals surface area contributed by atoms with Crippen LogP contribution in [0, 0.1) is 11.3 Å². The molecule has 0 bridgehead atoms. The number of ether oxygens (including phenoxy) is 1. The first-order valence-electron chi connectivity index (χ1n) is 6.55. The fraction of sp³-hybridized carbons (Fsp3) is 0.467. The maximum Gasteiger partial charge on any atom is 0.316 e. The van der Waals surface area contributed by atoms with E-state index in [0.717, 1.165) is 18.4 Å². The first-order valence-corrected chi connectivity index (χ1v) is 7.70. The van der Waals surface area contributed by atoms with Gasteiger partial charge in [-0.05, 0) is 37.3 Å². The van der Waals surface area contributed by atoms with Crippen molar-refractivity contribution in [1.82, 2.24) is 0 Å². The highest BCUT2D eigenvalue weighted by Crippen LogP contribution is 2.22. The molecule has 0 saturated heterocycles. The lowest BCUT2D eigenvalue weighted by Crippen LogP contribution is -2.16. The summed E-state index contributed by atoms with van der Waals surface area (Å²) in [5.41, 5.74) is 1.66. The summed E-state index contributed by atoms with van der Waals surface area (Å²) in [5, 5.41) is 8.97. The van der Waals surface area contributed by atoms with Gasteiger partial charge in [-0.25, -0.2) is 0 Å². The minimum atomic E-state index is -0.133. The summed E-state index contributed by atoms with van der Waals surface area (Å²) in [4.78, 5) is 11.6. The molecule has 1 aliphatic rings. The van der Waals surface area contributed by atoms with Crippen LogP contribution in [-0.2, 0) is 15.3 Å². The average molecular weight is 275 g/mol. The zero-order chi connectivity index (χ0) is 13.5. The van der Waals surface area contributed by atoms with E-state index < -0.39 is 0 Å². The van der Waals surface area contributed by atoms with E-state index in [1.165, 1.54) is 24.6 Å². The second kappa shape index (κ2) is 7.20. The van der Waals surface area contributed by atoms with Crippen molar-refractivity contribution in [2.24, 2.45) is 0 Å². The van der Waals surface area contributed by atoms with Crippen molar-refractivity contribution in [2.75, 3.05) is 5.75 Å². The highest BCUT2D eigenvalue weighted by atomic mass is 32.2. The molecule has 0 amide bonds. The standard InChI is InChI=1S/C15H17NO2S/c16-9-12-5-1-2-6-13(12)10-19-11-15(17)18-14-7-3-4-8-14/h1-2,5-6,14H,3-4,7-8,10-11H2. The first-order chi connectivity index (χ1) is 9.29. The Hall–Kier alpha value is -1.47. The van der Waals surface area contributed by atoms with Gasteiger partial charge < -0.3 is 4.74 Å². The lowest BCUT2D eigenvalue weighted by Gasteiger charge is -2.11. The second-order valence-corrected chi connectivity index (χ2v) is 5.64. The van der Waals surface area contributed by atoms with E-state index in [2.05, 4.69) is 6.07 Å². The van der Waals surface area contributed by atoms with Gasteiger partial charge in [0, 0.05) is 5.75 Å². The largest absolute Gasteiger partial charge is 0.462 e. The Balaban J connectivity index is 1.74. The predicted molar refractivity (Wildman–Crippen MR) is 75.7 cm³/mol. The quantitative estimate of drug-likeness (QED) is 0.774. The number of rotatable bonds is 5. The van der Waals surface area contributed by atoms with Gasteiger partial charge in [0.1, 0.15) is 6.10 Å². The van der Waals surface area contributed by atoms with Crippen molar-refractivity contribution in [3.63, 3.8) is 0 Å². The number of thioether (sulfide) groups is 1. The molecule has 3 nitrogen and oxygen atoms in total. The molecule has 1 saturated carbocycles. The van der Waals surface area contributed by atoms with Crippen LogP contribution in [0.3, 0.4) is 0 Å². The van der Waals surface area contributed by atoms with Gasteiger partial charge in [-0.3, -0.25) is 4.79 Å². The molecule has 0 radical (unpaired) electrons. The minimum absolute atomic E-state index is 0.133. The average Bonchev–Trinajstić information content (AvgIpc) is 2.92. The van der Waals surface area contributed by atoms with Gasteiger partial charge in [-0.1, -0.05) is 18.2 Å². The van der Waals surface area contributed by atoms with Gasteiger partial charge in [-0.15, -0.1) is 11.8 Å². The Morgan fingerprint density at radius 3 is 2.84 bits per heavy atom. The SMILES string of the molecule is N#Cc1ccccc1CSCC(=O)OC1CCCC1. The lowest BCUT2D eigenvalue weighted by atomic mass is 10.1. The van der Waals surface area contributed by atoms with E-state index >= 15 is 0 Å². The van der Waals surface area contributed by atoms with Crippen molar-refractivity contribution in [3.05, 3.63) is 35.4 Å². The summed E-state index contributed by atoms with van der Waals surface area (Å²) in [6, 6.07) is 9.64. The van der Waals surface area contributed by atoms with Crippen molar-refractivity contribution in [2.45, 2.75) is 37.5 Å². The summed E-state index contributed by atoms with van der Waals surface area (Å²) in [7, 11) is 0. The normalized spacial score (nSPS) is 15.1. The number of carbonyl (C=O) groups excluding carboxylic acids is 1. The molecule has 1 fully saturated rings. The molecule has 0 unspecified atom stereocenters. The number of esters is 1. The summed E-state index contributed by atoms with van der Waals surface area (Å²) >= 11 is 1.50. The van der Waals surface area contributed by atoms with Gasteiger partial charge in [0.2, 0.25) is 0 Å². The number of carbonyl (C=O) groups is 1. The van der Waals surface area contributed by atoms with Gasteiger partial charge in [0.25, 0.3) is 0 Å². The molecule has 2 rings (SSSR count). The molecule has 19 heavy (non-hydrogen) atoms. The molecular weight excluding hydrogens is 258 g/mol. The summed E-state index contributed by atoms with van der Waals surface area (Å²) in [6.45, 7) is 0. The van der Waals surface area contributed by atoms with Crippen LogP contribution in [0.1, 0.15) is 36.8 Å². The van der Waals surface area contributed by atoms with E-state index in [9.17, 15) is 4.79 Å². The highest BCUT2D eigenvalue weighted by molar-refractivity contribution is 7.99. The number of benzene rings is 1. The lowest BCUT2D eigenvalue weighted by molar-refractivity contribution is -0.145. The maximum atomic E-state index is 11.6. The Kier molecular flexibility index (Phi) is 5.29. The molecule has 1 aromatic rings. The predicted octanol–water partition coefficient (Wildman–Crippen LogP) is 3.28. The Morgan fingerprint density at radius 2 is 2.11 bits per heavy atom. The molecular formula is C15H17NO2S. The fourth-order valence-electron chi connectivity index (χ4n) is 2.23. The van der Waals surface area contributed by atoms with Crippen molar-refractivity contribution >= 4 is 17.7 Å². The molecule has 4 heteroatoms. The van der Waals surface area contributed by atoms with Crippen LogP contribution in [0.5, 0.6) is 0 Å². The van der Waals surface area contributed by atoms with Gasteiger partial charge >= 0.3 is 5.97 Å². The third kappa shape index (κ3) is 4.29. The van der Waals surface area contributed by atoms with Gasteiger partial charge in [0.05, 0.1) is 17.4 Å². The zero-order valence-electron chi connectivity index (χ0n) is 10.8.